The Balaban J connectivity index is 1.77. The summed E-state index contributed by atoms with van der Waals surface area (Å²) in [5, 5.41) is 3.90. The molecule has 0 atom stereocenters. The molecule has 1 N–H and O–H groups in total. The monoisotopic (exact) mass is 465 g/mol. The molecule has 29 heavy (non-hydrogen) atoms. The Morgan fingerprint density at radius 3 is 2.66 bits per heavy atom. The predicted octanol–water partition coefficient (Wildman–Crippen LogP) is 3.63. The lowest BCUT2D eigenvalue weighted by Gasteiger charge is -2.33. The van der Waals surface area contributed by atoms with Crippen LogP contribution < -0.4 is 10.9 Å². The molecule has 0 aliphatic carbocycles. The van der Waals surface area contributed by atoms with E-state index < -0.39 is 5.60 Å². The molecule has 0 saturated carbocycles. The lowest BCUT2D eigenvalue weighted by Crippen LogP contribution is -2.42. The van der Waals surface area contributed by atoms with Crippen LogP contribution in [0.3, 0.4) is 0 Å². The second-order valence-corrected chi connectivity index (χ2v) is 9.18. The highest BCUT2D eigenvalue weighted by Crippen LogP contribution is 2.23. The first-order chi connectivity index (χ1) is 13.7. The van der Waals surface area contributed by atoms with Gasteiger partial charge in [0.2, 0.25) is 5.95 Å². The van der Waals surface area contributed by atoms with E-state index in [9.17, 15) is 9.59 Å². The molecule has 1 aliphatic heterocycles. The fraction of sp³-hybridized carbons (Fsp3) is 0.600. The molecule has 1 aliphatic rings. The van der Waals surface area contributed by atoms with Gasteiger partial charge in [-0.2, -0.15) is 4.98 Å². The zero-order chi connectivity index (χ0) is 21.2. The standard InChI is InChI=1S/C20H28BrN5O3/c1-5-22-18-23-11-14-10-15(21)17(27)26(16(14)24-18)12-13-6-8-25(9-7-13)19(28)29-20(2,3)4/h10-11,13H,5-9,12H2,1-4H3,(H,22,23,24). The topological polar surface area (TPSA) is 89.4 Å². The SMILES string of the molecule is CCNc1ncc2cc(Br)c(=O)n(CC3CCN(C(=O)OC(C)(C)C)CC3)c2n1. The number of amides is 1. The van der Waals surface area contributed by atoms with Gasteiger partial charge in [0.25, 0.3) is 5.56 Å². The fourth-order valence-electron chi connectivity index (χ4n) is 3.42. The summed E-state index contributed by atoms with van der Waals surface area (Å²) in [5.74, 6) is 0.789. The molecule has 1 fully saturated rings. The van der Waals surface area contributed by atoms with Crippen LogP contribution in [0.25, 0.3) is 11.0 Å². The third kappa shape index (κ3) is 5.26. The van der Waals surface area contributed by atoms with Crippen LogP contribution in [0.1, 0.15) is 40.5 Å². The largest absolute Gasteiger partial charge is 0.444 e. The van der Waals surface area contributed by atoms with E-state index in [1.807, 2.05) is 27.7 Å². The van der Waals surface area contributed by atoms with Crippen LogP contribution in [0.5, 0.6) is 0 Å². The van der Waals surface area contributed by atoms with Gasteiger partial charge < -0.3 is 15.0 Å². The number of anilines is 1. The van der Waals surface area contributed by atoms with Gasteiger partial charge in [-0.3, -0.25) is 9.36 Å². The molecule has 9 heteroatoms. The Bertz CT molecular complexity index is 946. The predicted molar refractivity (Wildman–Crippen MR) is 116 cm³/mol. The Hall–Kier alpha value is -2.16. The van der Waals surface area contributed by atoms with E-state index in [1.54, 1.807) is 21.7 Å². The van der Waals surface area contributed by atoms with Crippen LogP contribution in [-0.2, 0) is 11.3 Å². The van der Waals surface area contributed by atoms with Gasteiger partial charge >= 0.3 is 6.09 Å². The third-order valence-corrected chi connectivity index (χ3v) is 5.39. The summed E-state index contributed by atoms with van der Waals surface area (Å²) in [4.78, 5) is 35.7. The van der Waals surface area contributed by atoms with Crippen molar-refractivity contribution in [3.8, 4) is 0 Å². The van der Waals surface area contributed by atoms with Crippen molar-refractivity contribution >= 4 is 39.0 Å². The summed E-state index contributed by atoms with van der Waals surface area (Å²) in [7, 11) is 0. The van der Waals surface area contributed by atoms with Crippen molar-refractivity contribution in [2.45, 2.75) is 52.7 Å². The molecule has 1 amide bonds. The number of hydrogen-bond acceptors (Lipinski definition) is 6. The minimum absolute atomic E-state index is 0.103. The van der Waals surface area contributed by atoms with E-state index in [0.29, 0.717) is 42.2 Å². The van der Waals surface area contributed by atoms with Crippen LogP contribution in [0, 0.1) is 5.92 Å². The summed E-state index contributed by atoms with van der Waals surface area (Å²) in [6.45, 7) is 10.1. The zero-order valence-electron chi connectivity index (χ0n) is 17.4. The van der Waals surface area contributed by atoms with Crippen LogP contribution in [0.4, 0.5) is 10.7 Å². The normalized spacial score (nSPS) is 15.6. The average molecular weight is 466 g/mol. The van der Waals surface area contributed by atoms with Crippen molar-refractivity contribution in [3.05, 3.63) is 27.1 Å². The quantitative estimate of drug-likeness (QED) is 0.741. The number of piperidine rings is 1. The number of ether oxygens (including phenoxy) is 1. The number of aromatic nitrogens is 3. The van der Waals surface area contributed by atoms with Crippen molar-refractivity contribution < 1.29 is 9.53 Å². The van der Waals surface area contributed by atoms with Crippen LogP contribution in [0.15, 0.2) is 21.5 Å². The van der Waals surface area contributed by atoms with E-state index in [1.165, 1.54) is 0 Å². The molecule has 0 spiro atoms. The number of hydrogen-bond donors (Lipinski definition) is 1. The van der Waals surface area contributed by atoms with Crippen molar-refractivity contribution in [1.29, 1.82) is 0 Å². The zero-order valence-corrected chi connectivity index (χ0v) is 19.0. The van der Waals surface area contributed by atoms with Crippen LogP contribution in [0.2, 0.25) is 0 Å². The van der Waals surface area contributed by atoms with E-state index in [-0.39, 0.29) is 17.6 Å². The number of pyridine rings is 1. The average Bonchev–Trinajstić information content (AvgIpc) is 2.65. The molecular formula is C20H28BrN5O3. The Kier molecular flexibility index (Phi) is 6.45. The minimum atomic E-state index is -0.500. The Labute approximate surface area is 178 Å². The van der Waals surface area contributed by atoms with Gasteiger partial charge in [0.1, 0.15) is 11.2 Å². The first-order valence-electron chi connectivity index (χ1n) is 9.96. The van der Waals surface area contributed by atoms with Crippen molar-refractivity contribution in [2.75, 3.05) is 25.0 Å². The van der Waals surface area contributed by atoms with Gasteiger partial charge in [0, 0.05) is 37.8 Å². The maximum absolute atomic E-state index is 12.8. The summed E-state index contributed by atoms with van der Waals surface area (Å²) in [6.07, 6.45) is 3.07. The van der Waals surface area contributed by atoms with Crippen molar-refractivity contribution in [3.63, 3.8) is 0 Å². The van der Waals surface area contributed by atoms with Gasteiger partial charge in [0.05, 0.1) is 4.47 Å². The molecule has 158 valence electrons. The van der Waals surface area contributed by atoms with Crippen LogP contribution >= 0.6 is 15.9 Å². The number of halogens is 1. The number of fused-ring (bicyclic) bond motifs is 1. The smallest absolute Gasteiger partial charge is 0.410 e. The summed E-state index contributed by atoms with van der Waals surface area (Å²) in [6, 6.07) is 1.76. The molecule has 0 unspecified atom stereocenters. The molecule has 3 rings (SSSR count). The second-order valence-electron chi connectivity index (χ2n) is 8.32. The lowest BCUT2D eigenvalue weighted by atomic mass is 9.97. The first-order valence-corrected chi connectivity index (χ1v) is 10.7. The lowest BCUT2D eigenvalue weighted by molar-refractivity contribution is 0.0178. The number of nitrogens with zero attached hydrogens (tertiary/aromatic N) is 4. The summed E-state index contributed by atoms with van der Waals surface area (Å²) < 4.78 is 7.68. The van der Waals surface area contributed by atoms with Gasteiger partial charge in [-0.1, -0.05) is 0 Å². The Morgan fingerprint density at radius 2 is 2.03 bits per heavy atom. The molecule has 0 bridgehead atoms. The number of rotatable bonds is 4. The molecule has 0 radical (unpaired) electrons. The summed E-state index contributed by atoms with van der Waals surface area (Å²) >= 11 is 3.36. The maximum atomic E-state index is 12.8. The number of carbonyl (C=O) groups is 1. The number of carbonyl (C=O) groups excluding carboxylic acids is 1. The molecule has 0 aromatic carbocycles. The summed E-state index contributed by atoms with van der Waals surface area (Å²) in [5.41, 5.74) is 0.0207. The van der Waals surface area contributed by atoms with E-state index in [0.717, 1.165) is 18.2 Å². The second kappa shape index (κ2) is 8.69. The molecule has 8 nitrogen and oxygen atoms in total. The van der Waals surface area contributed by atoms with Gasteiger partial charge in [0.15, 0.2) is 0 Å². The van der Waals surface area contributed by atoms with E-state index >= 15 is 0 Å². The highest BCUT2D eigenvalue weighted by atomic mass is 79.9. The molecule has 2 aromatic rings. The number of likely N-dealkylation sites (tertiary alicyclic amines) is 1. The van der Waals surface area contributed by atoms with Gasteiger partial charge in [-0.05, 0) is 68.5 Å². The van der Waals surface area contributed by atoms with Crippen molar-refractivity contribution in [2.24, 2.45) is 5.92 Å². The van der Waals surface area contributed by atoms with Crippen LogP contribution in [-0.4, -0.2) is 50.8 Å². The maximum Gasteiger partial charge on any atom is 0.410 e. The third-order valence-electron chi connectivity index (χ3n) is 4.83. The Morgan fingerprint density at radius 1 is 1.34 bits per heavy atom. The van der Waals surface area contributed by atoms with Crippen molar-refractivity contribution in [1.82, 2.24) is 19.4 Å². The molecular weight excluding hydrogens is 438 g/mol. The first kappa shape index (κ1) is 21.5. The number of nitrogens with one attached hydrogen (secondary N) is 1. The minimum Gasteiger partial charge on any atom is -0.444 e. The molecule has 1 saturated heterocycles. The highest BCUT2D eigenvalue weighted by Gasteiger charge is 2.27. The highest BCUT2D eigenvalue weighted by molar-refractivity contribution is 9.10. The van der Waals surface area contributed by atoms with E-state index in [4.69, 9.17) is 4.74 Å². The molecule has 2 aromatic heterocycles. The van der Waals surface area contributed by atoms with Gasteiger partial charge in [-0.25, -0.2) is 9.78 Å². The fourth-order valence-corrected chi connectivity index (χ4v) is 3.88. The van der Waals surface area contributed by atoms with Gasteiger partial charge in [-0.15, -0.1) is 0 Å². The van der Waals surface area contributed by atoms with E-state index in [2.05, 4.69) is 31.2 Å². The molecule has 3 heterocycles.